The van der Waals surface area contributed by atoms with Crippen LogP contribution in [0.5, 0.6) is 0 Å². The lowest BCUT2D eigenvalue weighted by Crippen LogP contribution is -2.41. The minimum absolute atomic E-state index is 0.114. The number of anilines is 1. The van der Waals surface area contributed by atoms with E-state index in [9.17, 15) is 14.4 Å². The molecule has 2 aromatic carbocycles. The predicted octanol–water partition coefficient (Wildman–Crippen LogP) is 2.39. The molecular weight excluding hydrogens is 390 g/mol. The molecule has 0 spiro atoms. The minimum atomic E-state index is -1.30. The first kappa shape index (κ1) is 18.5. The van der Waals surface area contributed by atoms with Crippen molar-refractivity contribution in [1.82, 2.24) is 10.6 Å². The normalized spacial score (nSPS) is 11.3. The number of nitrogen functional groups attached to an aromatic ring is 1. The summed E-state index contributed by atoms with van der Waals surface area (Å²) in [5, 5.41) is 4.37. The number of ether oxygens (including phenoxy) is 1. The first-order chi connectivity index (χ1) is 11.9. The number of hydrogen-bond donors (Lipinski definition) is 3. The Morgan fingerprint density at radius 1 is 1.12 bits per heavy atom. The molecule has 2 rings (SSSR count). The van der Waals surface area contributed by atoms with Crippen molar-refractivity contribution in [2.45, 2.75) is 6.10 Å². The van der Waals surface area contributed by atoms with Crippen molar-refractivity contribution in [3.05, 3.63) is 64.1 Å². The molecule has 130 valence electrons. The zero-order chi connectivity index (χ0) is 18.4. The molecule has 4 N–H and O–H groups in total. The third-order valence-corrected chi connectivity index (χ3v) is 3.76. The van der Waals surface area contributed by atoms with E-state index in [0.717, 1.165) is 0 Å². The highest BCUT2D eigenvalue weighted by atomic mass is 79.9. The Balaban J connectivity index is 2.29. The second-order valence-corrected chi connectivity index (χ2v) is 5.91. The Bertz CT molecular complexity index is 796. The molecule has 1 unspecified atom stereocenters. The minimum Gasteiger partial charge on any atom is -0.444 e. The summed E-state index contributed by atoms with van der Waals surface area (Å²) in [6, 6.07) is 12.4. The maximum Gasteiger partial charge on any atom is 0.341 e. The van der Waals surface area contributed by atoms with Crippen LogP contribution in [0.2, 0.25) is 0 Å². The van der Waals surface area contributed by atoms with Crippen molar-refractivity contribution in [2.75, 3.05) is 12.8 Å². The van der Waals surface area contributed by atoms with E-state index in [-0.39, 0.29) is 11.3 Å². The van der Waals surface area contributed by atoms with E-state index in [0.29, 0.717) is 10.0 Å². The van der Waals surface area contributed by atoms with Gasteiger partial charge in [0.25, 0.3) is 5.91 Å². The molecule has 2 aromatic rings. The predicted molar refractivity (Wildman–Crippen MR) is 95.8 cm³/mol. The van der Waals surface area contributed by atoms with E-state index in [1.807, 2.05) is 0 Å². The van der Waals surface area contributed by atoms with Crippen molar-refractivity contribution in [3.8, 4) is 0 Å². The molecule has 0 saturated carbocycles. The fraction of sp³-hybridized carbons (Fsp3) is 0.118. The highest BCUT2D eigenvalue weighted by Gasteiger charge is 2.27. The van der Waals surface area contributed by atoms with E-state index >= 15 is 0 Å². The largest absolute Gasteiger partial charge is 0.444 e. The lowest BCUT2D eigenvalue weighted by Gasteiger charge is -2.18. The highest BCUT2D eigenvalue weighted by Crippen LogP contribution is 2.24. The Morgan fingerprint density at radius 2 is 1.80 bits per heavy atom. The zero-order valence-corrected chi connectivity index (χ0v) is 14.9. The van der Waals surface area contributed by atoms with Crippen LogP contribution >= 0.6 is 15.9 Å². The number of nitrogens with two attached hydrogens (primary N) is 1. The van der Waals surface area contributed by atoms with Crippen LogP contribution in [0.1, 0.15) is 22.0 Å². The molecule has 0 aliphatic rings. The summed E-state index contributed by atoms with van der Waals surface area (Å²) in [6.45, 7) is 0. The quantitative estimate of drug-likeness (QED) is 0.534. The number of halogens is 1. The summed E-state index contributed by atoms with van der Waals surface area (Å²) >= 11 is 3.25. The van der Waals surface area contributed by atoms with Gasteiger partial charge >= 0.3 is 12.0 Å². The SMILES string of the molecule is CNC(=O)NC(=O)C(OC(=O)c1cc(Br)ccc1N)c1ccccc1. The second kappa shape index (κ2) is 8.29. The molecule has 8 heteroatoms. The topological polar surface area (TPSA) is 111 Å². The first-order valence-electron chi connectivity index (χ1n) is 7.26. The number of esters is 1. The molecule has 0 fully saturated rings. The molecule has 0 bridgehead atoms. The number of amides is 3. The molecule has 0 aliphatic heterocycles. The summed E-state index contributed by atoms with van der Waals surface area (Å²) in [4.78, 5) is 36.2. The van der Waals surface area contributed by atoms with Gasteiger partial charge < -0.3 is 15.8 Å². The smallest absolute Gasteiger partial charge is 0.341 e. The van der Waals surface area contributed by atoms with Gasteiger partial charge in [0.1, 0.15) is 0 Å². The van der Waals surface area contributed by atoms with Crippen LogP contribution in [0.25, 0.3) is 0 Å². The van der Waals surface area contributed by atoms with Gasteiger partial charge in [-0.3, -0.25) is 10.1 Å². The average Bonchev–Trinajstić information content (AvgIpc) is 2.61. The molecule has 1 atom stereocenters. The second-order valence-electron chi connectivity index (χ2n) is 5.00. The summed E-state index contributed by atoms with van der Waals surface area (Å²) < 4.78 is 5.97. The van der Waals surface area contributed by atoms with Crippen LogP contribution in [0, 0.1) is 0 Å². The van der Waals surface area contributed by atoms with Crippen LogP contribution in [-0.4, -0.2) is 25.0 Å². The van der Waals surface area contributed by atoms with Gasteiger partial charge in [0.15, 0.2) is 0 Å². The van der Waals surface area contributed by atoms with E-state index in [1.165, 1.54) is 13.1 Å². The molecule has 0 saturated heterocycles. The average molecular weight is 406 g/mol. The maximum atomic E-state index is 12.5. The van der Waals surface area contributed by atoms with Crippen LogP contribution in [0.4, 0.5) is 10.5 Å². The number of rotatable bonds is 4. The molecule has 0 aromatic heterocycles. The Hall–Kier alpha value is -2.87. The third-order valence-electron chi connectivity index (χ3n) is 3.26. The number of carbonyl (C=O) groups is 3. The first-order valence-corrected chi connectivity index (χ1v) is 8.05. The van der Waals surface area contributed by atoms with Crippen molar-refractivity contribution in [2.24, 2.45) is 0 Å². The van der Waals surface area contributed by atoms with Gasteiger partial charge in [-0.15, -0.1) is 0 Å². The molecule has 0 radical (unpaired) electrons. The highest BCUT2D eigenvalue weighted by molar-refractivity contribution is 9.10. The van der Waals surface area contributed by atoms with E-state index in [2.05, 4.69) is 26.6 Å². The third kappa shape index (κ3) is 4.80. The maximum absolute atomic E-state index is 12.5. The Kier molecular flexibility index (Phi) is 6.13. The van der Waals surface area contributed by atoms with Crippen LogP contribution in [0.15, 0.2) is 53.0 Å². The number of carbonyl (C=O) groups excluding carboxylic acids is 3. The van der Waals surface area contributed by atoms with Crippen LogP contribution in [0.3, 0.4) is 0 Å². The number of benzene rings is 2. The fourth-order valence-corrected chi connectivity index (χ4v) is 2.38. The zero-order valence-electron chi connectivity index (χ0n) is 13.3. The van der Waals surface area contributed by atoms with E-state index in [4.69, 9.17) is 10.5 Å². The monoisotopic (exact) mass is 405 g/mol. The summed E-state index contributed by atoms with van der Waals surface area (Å²) in [5.74, 6) is -1.55. The van der Waals surface area contributed by atoms with Crippen LogP contribution < -0.4 is 16.4 Å². The Morgan fingerprint density at radius 3 is 2.44 bits per heavy atom. The number of imide groups is 1. The summed E-state index contributed by atoms with van der Waals surface area (Å²) in [6.07, 6.45) is -1.30. The van der Waals surface area contributed by atoms with Gasteiger partial charge in [0.2, 0.25) is 6.10 Å². The van der Waals surface area contributed by atoms with Crippen molar-refractivity contribution in [1.29, 1.82) is 0 Å². The van der Waals surface area contributed by atoms with Crippen molar-refractivity contribution in [3.63, 3.8) is 0 Å². The van der Waals surface area contributed by atoms with Gasteiger partial charge in [0.05, 0.1) is 5.56 Å². The molecule has 0 aliphatic carbocycles. The standard InChI is InChI=1S/C17H16BrN3O4/c1-20-17(24)21-15(22)14(10-5-3-2-4-6-10)25-16(23)12-9-11(18)7-8-13(12)19/h2-9,14H,19H2,1H3,(H2,20,21,22,24). The lowest BCUT2D eigenvalue weighted by atomic mass is 10.1. The number of hydrogen-bond acceptors (Lipinski definition) is 5. The number of urea groups is 1. The van der Waals surface area contributed by atoms with Gasteiger partial charge in [0, 0.05) is 22.8 Å². The summed E-state index contributed by atoms with van der Waals surface area (Å²) in [5.41, 5.74) is 6.55. The van der Waals surface area contributed by atoms with Gasteiger partial charge in [-0.05, 0) is 18.2 Å². The molecule has 7 nitrogen and oxygen atoms in total. The molecule has 3 amide bonds. The molecular formula is C17H16BrN3O4. The van der Waals surface area contributed by atoms with Gasteiger partial charge in [-0.25, -0.2) is 9.59 Å². The van der Waals surface area contributed by atoms with Crippen LogP contribution in [-0.2, 0) is 9.53 Å². The van der Waals surface area contributed by atoms with Crippen molar-refractivity contribution >= 4 is 39.5 Å². The molecule has 25 heavy (non-hydrogen) atoms. The summed E-state index contributed by atoms with van der Waals surface area (Å²) in [7, 11) is 1.37. The Labute approximate surface area is 152 Å². The van der Waals surface area contributed by atoms with Gasteiger partial charge in [-0.2, -0.15) is 0 Å². The lowest BCUT2D eigenvalue weighted by molar-refractivity contribution is -0.129. The number of nitrogens with one attached hydrogen (secondary N) is 2. The molecule has 0 heterocycles. The van der Waals surface area contributed by atoms with E-state index in [1.54, 1.807) is 42.5 Å². The van der Waals surface area contributed by atoms with Crippen molar-refractivity contribution < 1.29 is 19.1 Å². The van der Waals surface area contributed by atoms with E-state index < -0.39 is 24.0 Å². The van der Waals surface area contributed by atoms with Gasteiger partial charge in [-0.1, -0.05) is 46.3 Å². The fourth-order valence-electron chi connectivity index (χ4n) is 2.02.